The van der Waals surface area contributed by atoms with Crippen molar-refractivity contribution >= 4 is 24.4 Å². The summed E-state index contributed by atoms with van der Waals surface area (Å²) in [5.41, 5.74) is 12.7. The highest BCUT2D eigenvalue weighted by atomic mass is 35.5. The highest BCUT2D eigenvalue weighted by Gasteiger charge is 2.53. The molecule has 104 valence electrons. The van der Waals surface area contributed by atoms with E-state index in [1.807, 2.05) is 27.7 Å². The molecule has 1 atom stereocenters. The molecule has 0 unspecified atom stereocenters. The van der Waals surface area contributed by atoms with Gasteiger partial charge in [-0.15, -0.1) is 0 Å². The third-order valence-corrected chi connectivity index (χ3v) is 4.21. The van der Waals surface area contributed by atoms with Crippen LogP contribution < -0.4 is 11.5 Å². The normalized spacial score (nSPS) is 22.5. The molecule has 0 aromatic heterocycles. The van der Waals surface area contributed by atoms with E-state index in [1.165, 1.54) is 0 Å². The zero-order valence-electron chi connectivity index (χ0n) is 11.7. The van der Waals surface area contributed by atoms with Crippen molar-refractivity contribution in [3.63, 3.8) is 0 Å². The second kappa shape index (κ2) is 4.67. The topological polar surface area (TPSA) is 70.5 Å². The van der Waals surface area contributed by atoms with Crippen LogP contribution in [0, 0.1) is 0 Å². The molecule has 4 N–H and O–H groups in total. The van der Waals surface area contributed by atoms with E-state index in [9.17, 15) is 0 Å². The van der Waals surface area contributed by atoms with Crippen LogP contribution in [-0.2, 0) is 9.31 Å². The third kappa shape index (κ3) is 2.61. The van der Waals surface area contributed by atoms with Crippen molar-refractivity contribution in [3.05, 3.63) is 28.8 Å². The Hall–Kier alpha value is -0.745. The molecular weight excluding hydrogens is 262 g/mol. The molecule has 0 bridgehead atoms. The molecule has 0 radical (unpaired) electrons. The van der Waals surface area contributed by atoms with Crippen molar-refractivity contribution in [3.8, 4) is 0 Å². The summed E-state index contributed by atoms with van der Waals surface area (Å²) in [6.07, 6.45) is 0. The minimum atomic E-state index is -0.536. The molecule has 1 aromatic carbocycles. The number of rotatable bonds is 2. The van der Waals surface area contributed by atoms with Gasteiger partial charge in [-0.1, -0.05) is 11.6 Å². The lowest BCUT2D eigenvalue weighted by Gasteiger charge is -2.32. The Morgan fingerprint density at radius 1 is 1.16 bits per heavy atom. The van der Waals surface area contributed by atoms with Crippen molar-refractivity contribution < 1.29 is 9.31 Å². The Morgan fingerprint density at radius 3 is 2.21 bits per heavy atom. The van der Waals surface area contributed by atoms with Gasteiger partial charge in [0.2, 0.25) is 0 Å². The Balaban J connectivity index is 2.27. The van der Waals surface area contributed by atoms with Gasteiger partial charge in [-0.05, 0) is 51.5 Å². The predicted molar refractivity (Wildman–Crippen MR) is 78.9 cm³/mol. The summed E-state index contributed by atoms with van der Waals surface area (Å²) in [4.78, 5) is 0. The second-order valence-corrected chi connectivity index (χ2v) is 6.36. The lowest BCUT2D eigenvalue weighted by molar-refractivity contribution is 0.00578. The van der Waals surface area contributed by atoms with Crippen LogP contribution in [0.1, 0.15) is 39.2 Å². The van der Waals surface area contributed by atoms with Gasteiger partial charge in [0.05, 0.1) is 17.1 Å². The SMILES string of the molecule is CC1(C)OB([C@H](N)c2cc(Cl)ccc2N)OC1(C)C. The summed E-state index contributed by atoms with van der Waals surface area (Å²) < 4.78 is 11.9. The van der Waals surface area contributed by atoms with Gasteiger partial charge in [0.1, 0.15) is 0 Å². The van der Waals surface area contributed by atoms with Crippen molar-refractivity contribution in [2.75, 3.05) is 5.73 Å². The van der Waals surface area contributed by atoms with E-state index >= 15 is 0 Å². The quantitative estimate of drug-likeness (QED) is 0.646. The Labute approximate surface area is 119 Å². The monoisotopic (exact) mass is 282 g/mol. The molecule has 1 saturated heterocycles. The summed E-state index contributed by atoms with van der Waals surface area (Å²) in [5, 5.41) is 0.594. The fourth-order valence-corrected chi connectivity index (χ4v) is 2.20. The molecule has 0 saturated carbocycles. The van der Waals surface area contributed by atoms with Gasteiger partial charge in [0.15, 0.2) is 0 Å². The molecule has 6 heteroatoms. The molecule has 1 fully saturated rings. The third-order valence-electron chi connectivity index (χ3n) is 3.97. The maximum absolute atomic E-state index is 6.22. The largest absolute Gasteiger partial charge is 0.480 e. The fourth-order valence-electron chi connectivity index (χ4n) is 2.02. The molecular formula is C13H20BClN2O2. The maximum atomic E-state index is 6.22. The van der Waals surface area contributed by atoms with E-state index in [2.05, 4.69) is 0 Å². The fraction of sp³-hybridized carbons (Fsp3) is 0.538. The van der Waals surface area contributed by atoms with E-state index in [-0.39, 0.29) is 0 Å². The van der Waals surface area contributed by atoms with Crippen LogP contribution in [-0.4, -0.2) is 18.3 Å². The number of hydrogen-bond donors (Lipinski definition) is 2. The minimum absolute atomic E-state index is 0.414. The van der Waals surface area contributed by atoms with E-state index < -0.39 is 24.3 Å². The zero-order valence-corrected chi connectivity index (χ0v) is 12.5. The number of anilines is 1. The van der Waals surface area contributed by atoms with Gasteiger partial charge in [-0.3, -0.25) is 0 Å². The predicted octanol–water partition coefficient (Wildman–Crippen LogP) is 2.55. The van der Waals surface area contributed by atoms with Gasteiger partial charge >= 0.3 is 7.12 Å². The molecule has 0 spiro atoms. The molecule has 0 amide bonds. The van der Waals surface area contributed by atoms with Crippen LogP contribution in [0.2, 0.25) is 5.02 Å². The van der Waals surface area contributed by atoms with Crippen molar-refractivity contribution in [2.45, 2.75) is 44.8 Å². The van der Waals surface area contributed by atoms with Crippen LogP contribution in [0.3, 0.4) is 0 Å². The number of nitrogens with two attached hydrogens (primary N) is 2. The Bertz CT molecular complexity index is 478. The van der Waals surface area contributed by atoms with E-state index in [0.29, 0.717) is 10.7 Å². The lowest BCUT2D eigenvalue weighted by atomic mass is 9.74. The van der Waals surface area contributed by atoms with Crippen LogP contribution in [0.25, 0.3) is 0 Å². The lowest BCUT2D eigenvalue weighted by Crippen LogP contribution is -2.41. The Kier molecular flexibility index (Phi) is 3.60. The summed E-state index contributed by atoms with van der Waals surface area (Å²) in [6, 6.07) is 5.23. The highest BCUT2D eigenvalue weighted by molar-refractivity contribution is 6.47. The average Bonchev–Trinajstić information content (AvgIpc) is 2.51. The van der Waals surface area contributed by atoms with Crippen molar-refractivity contribution in [1.29, 1.82) is 0 Å². The molecule has 2 rings (SSSR count). The zero-order chi connectivity index (χ0) is 14.4. The van der Waals surface area contributed by atoms with Gasteiger partial charge in [0.25, 0.3) is 0 Å². The second-order valence-electron chi connectivity index (χ2n) is 5.92. The molecule has 1 aliphatic rings. The summed E-state index contributed by atoms with van der Waals surface area (Å²) in [5.74, 6) is -0.472. The number of halogens is 1. The summed E-state index contributed by atoms with van der Waals surface area (Å²) in [6.45, 7) is 7.95. The van der Waals surface area contributed by atoms with E-state index in [4.69, 9.17) is 32.4 Å². The molecule has 0 aliphatic carbocycles. The van der Waals surface area contributed by atoms with E-state index in [0.717, 1.165) is 5.56 Å². The highest BCUT2D eigenvalue weighted by Crippen LogP contribution is 2.40. The van der Waals surface area contributed by atoms with E-state index in [1.54, 1.807) is 18.2 Å². The van der Waals surface area contributed by atoms with Crippen LogP contribution in [0.5, 0.6) is 0 Å². The first-order valence-electron chi connectivity index (χ1n) is 6.30. The first-order valence-corrected chi connectivity index (χ1v) is 6.68. The minimum Gasteiger partial charge on any atom is -0.402 e. The van der Waals surface area contributed by atoms with Crippen LogP contribution in [0.4, 0.5) is 5.69 Å². The van der Waals surface area contributed by atoms with Gasteiger partial charge in [-0.2, -0.15) is 0 Å². The maximum Gasteiger partial charge on any atom is 0.480 e. The van der Waals surface area contributed by atoms with Crippen molar-refractivity contribution in [1.82, 2.24) is 0 Å². The smallest absolute Gasteiger partial charge is 0.402 e. The first-order chi connectivity index (χ1) is 8.64. The van der Waals surface area contributed by atoms with Gasteiger partial charge in [-0.25, -0.2) is 0 Å². The number of hydrogen-bond acceptors (Lipinski definition) is 4. The first kappa shape index (κ1) is 14.7. The molecule has 1 heterocycles. The number of benzene rings is 1. The van der Waals surface area contributed by atoms with Crippen LogP contribution in [0.15, 0.2) is 18.2 Å². The Morgan fingerprint density at radius 2 is 1.68 bits per heavy atom. The standard InChI is InChI=1S/C13H20BClN2O2/c1-12(2)13(3,4)19-14(18-12)11(17)9-7-8(15)5-6-10(9)16/h5-7,11H,16-17H2,1-4H3/t11-/m1/s1. The summed E-state index contributed by atoms with van der Waals surface area (Å²) >= 11 is 5.99. The van der Waals surface area contributed by atoms with Gasteiger partial charge < -0.3 is 20.8 Å². The molecule has 1 aromatic rings. The number of nitrogen functional groups attached to an aromatic ring is 1. The van der Waals surface area contributed by atoms with Gasteiger partial charge in [0, 0.05) is 10.7 Å². The molecule has 19 heavy (non-hydrogen) atoms. The molecule has 4 nitrogen and oxygen atoms in total. The molecule has 1 aliphatic heterocycles. The summed E-state index contributed by atoms with van der Waals surface area (Å²) in [7, 11) is -0.536. The van der Waals surface area contributed by atoms with Crippen LogP contribution >= 0.6 is 11.6 Å². The average molecular weight is 283 g/mol. The van der Waals surface area contributed by atoms with Crippen molar-refractivity contribution in [2.24, 2.45) is 5.73 Å².